The second-order valence-corrected chi connectivity index (χ2v) is 6.89. The summed E-state index contributed by atoms with van der Waals surface area (Å²) >= 11 is 0. The fourth-order valence-electron chi connectivity index (χ4n) is 3.84. The van der Waals surface area contributed by atoms with E-state index in [1.807, 2.05) is 6.07 Å². The van der Waals surface area contributed by atoms with E-state index in [4.69, 9.17) is 4.42 Å². The maximum atomic E-state index is 14.7. The molecule has 3 heterocycles. The van der Waals surface area contributed by atoms with Gasteiger partial charge in [-0.25, -0.2) is 4.39 Å². The van der Waals surface area contributed by atoms with Crippen molar-refractivity contribution >= 4 is 16.9 Å². The van der Waals surface area contributed by atoms with E-state index in [-0.39, 0.29) is 28.9 Å². The summed E-state index contributed by atoms with van der Waals surface area (Å²) in [4.78, 5) is 32.1. The lowest BCUT2D eigenvalue weighted by molar-refractivity contribution is 0.0712. The lowest BCUT2D eigenvalue weighted by atomic mass is 9.98. The van der Waals surface area contributed by atoms with Crippen molar-refractivity contribution in [2.75, 3.05) is 0 Å². The molecule has 1 atom stereocenters. The first kappa shape index (κ1) is 17.3. The standard InChI is InChI=1S/C23H15FN2O3/c24-17-9-3-1-7-15(17)20-19-21(27)16-8-2-4-10-18(16)29-22(19)23(28)26(20)13-14-6-5-11-25-12-14/h1-12,20H,13H2/t20-/m1/s1. The van der Waals surface area contributed by atoms with Crippen LogP contribution in [0.2, 0.25) is 0 Å². The Morgan fingerprint density at radius 1 is 1.00 bits per heavy atom. The number of rotatable bonds is 3. The molecule has 1 amide bonds. The van der Waals surface area contributed by atoms with Gasteiger partial charge < -0.3 is 9.32 Å². The van der Waals surface area contributed by atoms with Crippen molar-refractivity contribution in [1.82, 2.24) is 9.88 Å². The highest BCUT2D eigenvalue weighted by atomic mass is 19.1. The van der Waals surface area contributed by atoms with Gasteiger partial charge in [0.2, 0.25) is 5.76 Å². The van der Waals surface area contributed by atoms with Gasteiger partial charge in [-0.05, 0) is 29.8 Å². The van der Waals surface area contributed by atoms with Gasteiger partial charge in [0.1, 0.15) is 11.4 Å². The molecule has 5 rings (SSSR count). The second kappa shape index (κ2) is 6.67. The maximum absolute atomic E-state index is 14.7. The Labute approximate surface area is 165 Å². The Balaban J connectivity index is 1.76. The molecule has 0 saturated carbocycles. The van der Waals surface area contributed by atoms with Crippen LogP contribution in [0, 0.1) is 5.82 Å². The van der Waals surface area contributed by atoms with Gasteiger partial charge in [0.05, 0.1) is 17.0 Å². The highest BCUT2D eigenvalue weighted by Crippen LogP contribution is 2.39. The molecule has 0 unspecified atom stereocenters. The number of halogens is 1. The SMILES string of the molecule is O=C1c2oc3ccccc3c(=O)c2[C@@H](c2ccccc2F)N1Cc1cccnc1. The smallest absolute Gasteiger partial charge is 0.291 e. The molecule has 6 heteroatoms. The van der Waals surface area contributed by atoms with Gasteiger partial charge >= 0.3 is 0 Å². The fraction of sp³-hybridized carbons (Fsp3) is 0.0870. The minimum absolute atomic E-state index is 0.0363. The Hall–Kier alpha value is -3.80. The number of fused-ring (bicyclic) bond motifs is 2. The van der Waals surface area contributed by atoms with Crippen LogP contribution in [0.5, 0.6) is 0 Å². The third-order valence-electron chi connectivity index (χ3n) is 5.15. The van der Waals surface area contributed by atoms with Crippen LogP contribution in [0.25, 0.3) is 11.0 Å². The lowest BCUT2D eigenvalue weighted by Gasteiger charge is -2.25. The van der Waals surface area contributed by atoms with Gasteiger partial charge in [-0.15, -0.1) is 0 Å². The third kappa shape index (κ3) is 2.72. The number of carbonyl (C=O) groups is 1. The van der Waals surface area contributed by atoms with E-state index >= 15 is 0 Å². The minimum Gasteiger partial charge on any atom is -0.450 e. The number of nitrogens with zero attached hydrogens (tertiary/aromatic N) is 2. The fourth-order valence-corrected chi connectivity index (χ4v) is 3.84. The molecule has 0 spiro atoms. The number of amides is 1. The predicted octanol–water partition coefficient (Wildman–Crippen LogP) is 4.07. The summed E-state index contributed by atoms with van der Waals surface area (Å²) in [5.41, 5.74) is 1.21. The van der Waals surface area contributed by atoms with Crippen LogP contribution in [0.3, 0.4) is 0 Å². The molecule has 2 aromatic heterocycles. The quantitative estimate of drug-likeness (QED) is 0.532. The number of para-hydroxylation sites is 1. The van der Waals surface area contributed by atoms with Crippen LogP contribution >= 0.6 is 0 Å². The summed E-state index contributed by atoms with van der Waals surface area (Å²) in [6, 6.07) is 15.6. The Kier molecular flexibility index (Phi) is 3.98. The maximum Gasteiger partial charge on any atom is 0.291 e. The van der Waals surface area contributed by atoms with E-state index in [0.717, 1.165) is 5.56 Å². The van der Waals surface area contributed by atoms with Gasteiger partial charge in [-0.1, -0.05) is 36.4 Å². The number of aromatic nitrogens is 1. The first-order valence-corrected chi connectivity index (χ1v) is 9.15. The largest absolute Gasteiger partial charge is 0.450 e. The number of carbonyl (C=O) groups excluding carboxylic acids is 1. The van der Waals surface area contributed by atoms with Crippen molar-refractivity contribution in [3.8, 4) is 0 Å². The molecular weight excluding hydrogens is 371 g/mol. The summed E-state index contributed by atoms with van der Waals surface area (Å²) in [7, 11) is 0. The summed E-state index contributed by atoms with van der Waals surface area (Å²) in [5, 5.41) is 0.364. The van der Waals surface area contributed by atoms with Crippen molar-refractivity contribution in [2.45, 2.75) is 12.6 Å². The second-order valence-electron chi connectivity index (χ2n) is 6.89. The molecule has 2 aromatic carbocycles. The van der Waals surface area contributed by atoms with Crippen LogP contribution in [0.4, 0.5) is 4.39 Å². The van der Waals surface area contributed by atoms with E-state index in [1.54, 1.807) is 60.9 Å². The molecule has 0 radical (unpaired) electrons. The van der Waals surface area contributed by atoms with Gasteiger partial charge in [-0.2, -0.15) is 0 Å². The number of hydrogen-bond donors (Lipinski definition) is 0. The summed E-state index contributed by atoms with van der Waals surface area (Å²) in [6.07, 6.45) is 3.27. The Bertz CT molecular complexity index is 1300. The van der Waals surface area contributed by atoms with E-state index < -0.39 is 17.8 Å². The Morgan fingerprint density at radius 3 is 2.59 bits per heavy atom. The molecular formula is C23H15FN2O3. The lowest BCUT2D eigenvalue weighted by Crippen LogP contribution is -2.29. The highest BCUT2D eigenvalue weighted by molar-refractivity contribution is 5.99. The normalized spacial score (nSPS) is 15.7. The minimum atomic E-state index is -0.875. The average molecular weight is 386 g/mol. The van der Waals surface area contributed by atoms with Crippen LogP contribution in [-0.4, -0.2) is 15.8 Å². The van der Waals surface area contributed by atoms with Crippen molar-refractivity contribution in [1.29, 1.82) is 0 Å². The summed E-state index contributed by atoms with van der Waals surface area (Å²) in [5.74, 6) is -0.965. The van der Waals surface area contributed by atoms with Gasteiger partial charge in [-0.3, -0.25) is 14.6 Å². The predicted molar refractivity (Wildman–Crippen MR) is 105 cm³/mol. The monoisotopic (exact) mass is 386 g/mol. The molecule has 5 nitrogen and oxygen atoms in total. The molecule has 0 bridgehead atoms. The molecule has 1 aliphatic heterocycles. The topological polar surface area (TPSA) is 63.4 Å². The van der Waals surface area contributed by atoms with Crippen LogP contribution in [0.15, 0.2) is 82.3 Å². The van der Waals surface area contributed by atoms with Crippen LogP contribution < -0.4 is 5.43 Å². The van der Waals surface area contributed by atoms with Crippen LogP contribution in [-0.2, 0) is 6.54 Å². The van der Waals surface area contributed by atoms with E-state index in [0.29, 0.717) is 11.0 Å². The molecule has 29 heavy (non-hydrogen) atoms. The van der Waals surface area contributed by atoms with E-state index in [2.05, 4.69) is 4.98 Å². The molecule has 0 fully saturated rings. The first-order valence-electron chi connectivity index (χ1n) is 9.15. The van der Waals surface area contributed by atoms with E-state index in [9.17, 15) is 14.0 Å². The number of pyridine rings is 1. The van der Waals surface area contributed by atoms with Crippen molar-refractivity contribution in [2.24, 2.45) is 0 Å². The van der Waals surface area contributed by atoms with Crippen molar-refractivity contribution in [3.05, 3.63) is 112 Å². The zero-order chi connectivity index (χ0) is 20.0. The zero-order valence-electron chi connectivity index (χ0n) is 15.2. The average Bonchev–Trinajstić information content (AvgIpc) is 3.01. The zero-order valence-corrected chi connectivity index (χ0v) is 15.2. The molecule has 0 aliphatic carbocycles. The van der Waals surface area contributed by atoms with Crippen molar-refractivity contribution in [3.63, 3.8) is 0 Å². The van der Waals surface area contributed by atoms with Gasteiger partial charge in [0, 0.05) is 24.5 Å². The first-order chi connectivity index (χ1) is 14.1. The number of benzene rings is 2. The van der Waals surface area contributed by atoms with E-state index in [1.165, 1.54) is 11.0 Å². The van der Waals surface area contributed by atoms with Crippen LogP contribution in [0.1, 0.15) is 33.3 Å². The molecule has 4 aromatic rings. The molecule has 0 N–H and O–H groups in total. The molecule has 142 valence electrons. The van der Waals surface area contributed by atoms with Gasteiger partial charge in [0.15, 0.2) is 5.43 Å². The molecule has 0 saturated heterocycles. The van der Waals surface area contributed by atoms with Crippen molar-refractivity contribution < 1.29 is 13.6 Å². The number of hydrogen-bond acceptors (Lipinski definition) is 4. The highest BCUT2D eigenvalue weighted by Gasteiger charge is 2.43. The summed E-state index contributed by atoms with van der Waals surface area (Å²) in [6.45, 7) is 0.172. The summed E-state index contributed by atoms with van der Waals surface area (Å²) < 4.78 is 20.6. The van der Waals surface area contributed by atoms with Gasteiger partial charge in [0.25, 0.3) is 5.91 Å². The Morgan fingerprint density at radius 2 is 1.79 bits per heavy atom. The molecule has 1 aliphatic rings. The third-order valence-corrected chi connectivity index (χ3v) is 5.15.